The van der Waals surface area contributed by atoms with Crippen LogP contribution in [0.25, 0.3) is 10.4 Å². The van der Waals surface area contributed by atoms with Crippen molar-refractivity contribution in [3.05, 3.63) is 28.5 Å². The molecule has 2 atom stereocenters. The predicted molar refractivity (Wildman–Crippen MR) is 140 cm³/mol. The van der Waals surface area contributed by atoms with Crippen LogP contribution < -0.4 is 10.6 Å². The summed E-state index contributed by atoms with van der Waals surface area (Å²) in [5.74, 6) is -0.160. The summed E-state index contributed by atoms with van der Waals surface area (Å²) in [7, 11) is 0. The zero-order chi connectivity index (χ0) is 28.0. The van der Waals surface area contributed by atoms with Crippen molar-refractivity contribution < 1.29 is 28.2 Å². The molecule has 0 radical (unpaired) electrons. The number of anilines is 1. The number of nitrogens with zero attached hydrogens (tertiary/aromatic N) is 3. The molecular formula is C26H36F3N5O3S. The van der Waals surface area contributed by atoms with Gasteiger partial charge in [0.15, 0.2) is 11.2 Å². The van der Waals surface area contributed by atoms with E-state index in [1.54, 1.807) is 4.90 Å². The van der Waals surface area contributed by atoms with Crippen molar-refractivity contribution in [2.75, 3.05) is 18.4 Å². The van der Waals surface area contributed by atoms with Crippen molar-refractivity contribution in [3.63, 3.8) is 0 Å². The fourth-order valence-corrected chi connectivity index (χ4v) is 5.85. The number of aliphatic hydroxyl groups excluding tert-OH is 1. The van der Waals surface area contributed by atoms with Crippen molar-refractivity contribution in [3.8, 4) is 10.4 Å². The lowest BCUT2D eigenvalue weighted by Gasteiger charge is -2.28. The number of carbonyl (C=O) groups excluding carboxylic acids is 1. The number of pyridine rings is 1. The van der Waals surface area contributed by atoms with Gasteiger partial charge in [-0.25, -0.2) is 9.97 Å². The highest BCUT2D eigenvalue weighted by Crippen LogP contribution is 2.45. The lowest BCUT2D eigenvalue weighted by atomic mass is 9.98. The van der Waals surface area contributed by atoms with Crippen molar-refractivity contribution in [2.24, 2.45) is 5.92 Å². The summed E-state index contributed by atoms with van der Waals surface area (Å²) in [6, 6.07) is 0.991. The second-order valence-electron chi connectivity index (χ2n) is 11.6. The Balaban J connectivity index is 1.77. The summed E-state index contributed by atoms with van der Waals surface area (Å²) in [5.41, 5.74) is -2.76. The highest BCUT2D eigenvalue weighted by molar-refractivity contribution is 7.17. The third kappa shape index (κ3) is 6.47. The van der Waals surface area contributed by atoms with Crippen LogP contribution in [0.3, 0.4) is 0 Å². The smallest absolute Gasteiger partial charge is 0.389 e. The molecule has 4 N–H and O–H groups in total. The van der Waals surface area contributed by atoms with Crippen LogP contribution in [-0.4, -0.2) is 61.3 Å². The number of hydrogen-bond donors (Lipinski definition) is 4. The molecule has 1 amide bonds. The van der Waals surface area contributed by atoms with Gasteiger partial charge in [0.25, 0.3) is 5.91 Å². The SMILES string of the molecule is C[C@H]1CCCN1C(O)c1nc(C(=O)NCC(C)(C)O)sc1-c1cnc(NC(C)(C)C2CC2)cc1C(F)(F)F. The number of hydrogen-bond acceptors (Lipinski definition) is 8. The lowest BCUT2D eigenvalue weighted by Crippen LogP contribution is -2.38. The third-order valence-corrected chi connectivity index (χ3v) is 8.30. The van der Waals surface area contributed by atoms with Crippen molar-refractivity contribution in [1.29, 1.82) is 0 Å². The standard InChI is InChI=1S/C26H36F3N5O3S/c1-14-7-6-10-34(14)23(36)19-20(38-22(32-19)21(35)31-13-24(2,3)37)16-12-30-18(11-17(16)26(27,28)29)33-25(4,5)15-8-9-15/h11-12,14-15,23,36-37H,6-10,13H2,1-5H3,(H,30,33)(H,31,35)/t14-,23?/m0/s1. The molecule has 2 aromatic rings. The molecule has 0 spiro atoms. The van der Waals surface area contributed by atoms with Gasteiger partial charge in [-0.1, -0.05) is 0 Å². The van der Waals surface area contributed by atoms with Crippen molar-refractivity contribution >= 4 is 23.1 Å². The van der Waals surface area contributed by atoms with Gasteiger partial charge in [-0.2, -0.15) is 13.2 Å². The number of halogens is 3. The van der Waals surface area contributed by atoms with Gasteiger partial charge < -0.3 is 20.8 Å². The van der Waals surface area contributed by atoms with E-state index in [1.807, 2.05) is 20.8 Å². The molecule has 1 unspecified atom stereocenters. The Morgan fingerprint density at radius 2 is 1.92 bits per heavy atom. The Morgan fingerprint density at radius 3 is 2.47 bits per heavy atom. The number of thiazole rings is 1. The predicted octanol–water partition coefficient (Wildman–Crippen LogP) is 4.80. The molecule has 3 heterocycles. The number of carbonyl (C=O) groups is 1. The topological polar surface area (TPSA) is 111 Å². The maximum Gasteiger partial charge on any atom is 0.417 e. The summed E-state index contributed by atoms with van der Waals surface area (Å²) < 4.78 is 43.1. The van der Waals surface area contributed by atoms with E-state index >= 15 is 0 Å². The van der Waals surface area contributed by atoms with Gasteiger partial charge in [0, 0.05) is 36.4 Å². The normalized spacial score (nSPS) is 20.0. The van der Waals surface area contributed by atoms with Crippen molar-refractivity contribution in [2.45, 2.75) is 89.9 Å². The maximum atomic E-state index is 14.4. The third-order valence-electron chi connectivity index (χ3n) is 7.19. The van der Waals surface area contributed by atoms with Gasteiger partial charge in [0.2, 0.25) is 0 Å². The quantitative estimate of drug-likeness (QED) is 0.352. The molecule has 1 aliphatic heterocycles. The first-order valence-corrected chi connectivity index (χ1v) is 13.7. The number of likely N-dealkylation sites (tertiary alicyclic amines) is 1. The maximum absolute atomic E-state index is 14.4. The minimum atomic E-state index is -4.71. The number of alkyl halides is 3. The molecular weight excluding hydrogens is 519 g/mol. The fourth-order valence-electron chi connectivity index (χ4n) is 4.82. The summed E-state index contributed by atoms with van der Waals surface area (Å²) in [4.78, 5) is 23.3. The molecule has 2 aliphatic rings. The van der Waals surface area contributed by atoms with Crippen LogP contribution in [0.4, 0.5) is 19.0 Å². The molecule has 38 heavy (non-hydrogen) atoms. The van der Waals surface area contributed by atoms with Gasteiger partial charge in [0.1, 0.15) is 11.5 Å². The highest BCUT2D eigenvalue weighted by Gasteiger charge is 2.41. The Bertz CT molecular complexity index is 1170. The van der Waals surface area contributed by atoms with E-state index in [1.165, 1.54) is 13.8 Å². The van der Waals surface area contributed by atoms with E-state index in [4.69, 9.17) is 0 Å². The minimum absolute atomic E-state index is 0.00320. The summed E-state index contributed by atoms with van der Waals surface area (Å²) in [6.45, 7) is 9.35. The van der Waals surface area contributed by atoms with Gasteiger partial charge in [-0.15, -0.1) is 11.3 Å². The van der Waals surface area contributed by atoms with Crippen LogP contribution in [0, 0.1) is 5.92 Å². The fraction of sp³-hybridized carbons (Fsp3) is 0.654. The molecule has 2 aromatic heterocycles. The summed E-state index contributed by atoms with van der Waals surface area (Å²) in [6.07, 6.45) is -1.16. The molecule has 4 rings (SSSR count). The van der Waals surface area contributed by atoms with Crippen LogP contribution in [0.15, 0.2) is 12.3 Å². The number of rotatable bonds is 9. The monoisotopic (exact) mass is 555 g/mol. The number of aliphatic hydroxyl groups is 2. The average Bonchev–Trinajstić information content (AvgIpc) is 3.46. The molecule has 0 bridgehead atoms. The molecule has 1 aliphatic carbocycles. The van der Waals surface area contributed by atoms with Crippen LogP contribution in [0.1, 0.15) is 87.6 Å². The zero-order valence-corrected chi connectivity index (χ0v) is 23.1. The van der Waals surface area contributed by atoms with E-state index in [9.17, 15) is 28.2 Å². The van der Waals surface area contributed by atoms with Crippen molar-refractivity contribution in [1.82, 2.24) is 20.2 Å². The lowest BCUT2D eigenvalue weighted by molar-refractivity contribution is -0.137. The molecule has 12 heteroatoms. The van der Waals surface area contributed by atoms with Crippen LogP contribution >= 0.6 is 11.3 Å². The molecule has 8 nitrogen and oxygen atoms in total. The molecule has 2 fully saturated rings. The first-order chi connectivity index (χ1) is 17.6. The van der Waals surface area contributed by atoms with E-state index < -0.39 is 35.0 Å². The Morgan fingerprint density at radius 1 is 1.24 bits per heavy atom. The van der Waals surface area contributed by atoms with Gasteiger partial charge in [-0.05, 0) is 72.3 Å². The molecule has 0 aromatic carbocycles. The van der Waals surface area contributed by atoms with Gasteiger partial charge >= 0.3 is 6.18 Å². The largest absolute Gasteiger partial charge is 0.417 e. The molecule has 1 saturated heterocycles. The van der Waals surface area contributed by atoms with E-state index in [0.717, 1.165) is 49.3 Å². The Kier molecular flexibility index (Phi) is 7.83. The van der Waals surface area contributed by atoms with Gasteiger partial charge in [-0.3, -0.25) is 9.69 Å². The summed E-state index contributed by atoms with van der Waals surface area (Å²) in [5, 5.41) is 26.8. The van der Waals surface area contributed by atoms with Crippen LogP contribution in [0.2, 0.25) is 0 Å². The first-order valence-electron chi connectivity index (χ1n) is 12.9. The van der Waals surface area contributed by atoms with Gasteiger partial charge in [0.05, 0.1) is 16.0 Å². The Hall–Kier alpha value is -2.28. The molecule has 1 saturated carbocycles. The van der Waals surface area contributed by atoms with E-state index in [0.29, 0.717) is 12.5 Å². The van der Waals surface area contributed by atoms with Crippen LogP contribution in [0.5, 0.6) is 0 Å². The average molecular weight is 556 g/mol. The first kappa shape index (κ1) is 28.7. The zero-order valence-electron chi connectivity index (χ0n) is 22.3. The number of aromatic nitrogens is 2. The van der Waals surface area contributed by atoms with E-state index in [2.05, 4.69) is 20.6 Å². The number of amides is 1. The molecule has 210 valence electrons. The second kappa shape index (κ2) is 10.4. The Labute approximate surface area is 224 Å². The van der Waals surface area contributed by atoms with Crippen LogP contribution in [-0.2, 0) is 6.18 Å². The highest BCUT2D eigenvalue weighted by atomic mass is 32.1. The number of nitrogens with one attached hydrogen (secondary N) is 2. The van der Waals surface area contributed by atoms with E-state index in [-0.39, 0.29) is 39.5 Å². The summed E-state index contributed by atoms with van der Waals surface area (Å²) >= 11 is 0.772. The minimum Gasteiger partial charge on any atom is -0.389 e. The second-order valence-corrected chi connectivity index (χ2v) is 12.6.